The number of hydrogen-bond acceptors (Lipinski definition) is 5. The van der Waals surface area contributed by atoms with E-state index in [2.05, 4.69) is 15.6 Å². The highest BCUT2D eigenvalue weighted by Gasteiger charge is 2.22. The van der Waals surface area contributed by atoms with Crippen molar-refractivity contribution in [1.82, 2.24) is 9.55 Å². The minimum absolute atomic E-state index is 0.168. The van der Waals surface area contributed by atoms with Gasteiger partial charge in [0.2, 0.25) is 11.8 Å². The molecule has 7 nitrogen and oxygen atoms in total. The van der Waals surface area contributed by atoms with E-state index in [9.17, 15) is 14.4 Å². The van der Waals surface area contributed by atoms with E-state index >= 15 is 0 Å². The summed E-state index contributed by atoms with van der Waals surface area (Å²) < 4.78 is 1.39. The number of fused-ring (bicyclic) bond motifs is 1. The van der Waals surface area contributed by atoms with E-state index in [0.717, 1.165) is 10.4 Å². The Morgan fingerprint density at radius 2 is 1.69 bits per heavy atom. The van der Waals surface area contributed by atoms with Gasteiger partial charge < -0.3 is 10.6 Å². The summed E-state index contributed by atoms with van der Waals surface area (Å²) in [5, 5.41) is 6.02. The van der Waals surface area contributed by atoms with Crippen molar-refractivity contribution in [2.75, 3.05) is 10.6 Å². The fourth-order valence-electron chi connectivity index (χ4n) is 3.48. The lowest BCUT2D eigenvalue weighted by molar-refractivity contribution is -0.119. The van der Waals surface area contributed by atoms with Crippen LogP contribution in [0.15, 0.2) is 71.8 Å². The first-order valence-electron chi connectivity index (χ1n) is 10.2. The van der Waals surface area contributed by atoms with E-state index in [-0.39, 0.29) is 17.4 Å². The first kappa shape index (κ1) is 21.5. The first-order valence-corrected chi connectivity index (χ1v) is 11.0. The van der Waals surface area contributed by atoms with Crippen LogP contribution in [-0.4, -0.2) is 21.4 Å². The van der Waals surface area contributed by atoms with E-state index < -0.39 is 6.04 Å². The standard InChI is InChI=1S/C24H22N4O3S/c1-3-20(22(30)27-18-11-9-17(10-12-18)26-15(2)29)28-14-25-23-19(24(28)31)13-21(32-23)16-7-5-4-6-8-16/h4-14,20H,3H2,1-2H3,(H,26,29)(H,27,30). The lowest BCUT2D eigenvalue weighted by Crippen LogP contribution is -2.33. The molecule has 32 heavy (non-hydrogen) atoms. The number of benzene rings is 2. The van der Waals surface area contributed by atoms with E-state index in [1.54, 1.807) is 24.3 Å². The summed E-state index contributed by atoms with van der Waals surface area (Å²) in [4.78, 5) is 43.3. The number of hydrogen-bond donors (Lipinski definition) is 2. The second kappa shape index (κ2) is 9.15. The van der Waals surface area contributed by atoms with Crippen LogP contribution in [0.5, 0.6) is 0 Å². The minimum atomic E-state index is -0.700. The summed E-state index contributed by atoms with van der Waals surface area (Å²) in [7, 11) is 0. The van der Waals surface area contributed by atoms with Crippen molar-refractivity contribution in [2.45, 2.75) is 26.3 Å². The number of amides is 2. The maximum Gasteiger partial charge on any atom is 0.262 e. The summed E-state index contributed by atoms with van der Waals surface area (Å²) in [5.74, 6) is -0.472. The van der Waals surface area contributed by atoms with E-state index in [4.69, 9.17) is 0 Å². The molecule has 0 aliphatic rings. The van der Waals surface area contributed by atoms with Gasteiger partial charge in [-0.05, 0) is 42.3 Å². The maximum absolute atomic E-state index is 13.2. The number of rotatable bonds is 6. The average Bonchev–Trinajstić information content (AvgIpc) is 3.23. The number of aromatic nitrogens is 2. The Morgan fingerprint density at radius 1 is 1.03 bits per heavy atom. The van der Waals surface area contributed by atoms with Crippen molar-refractivity contribution in [2.24, 2.45) is 0 Å². The number of thiophene rings is 1. The van der Waals surface area contributed by atoms with Gasteiger partial charge in [-0.1, -0.05) is 37.3 Å². The Bertz CT molecular complexity index is 1330. The molecule has 4 rings (SSSR count). The highest BCUT2D eigenvalue weighted by molar-refractivity contribution is 7.21. The molecule has 0 bridgehead atoms. The molecular weight excluding hydrogens is 424 g/mol. The number of anilines is 2. The molecule has 0 fully saturated rings. The van der Waals surface area contributed by atoms with Gasteiger partial charge in [0.1, 0.15) is 10.9 Å². The van der Waals surface area contributed by atoms with Gasteiger partial charge in [-0.3, -0.25) is 19.0 Å². The monoisotopic (exact) mass is 446 g/mol. The molecule has 2 N–H and O–H groups in total. The van der Waals surface area contributed by atoms with Crippen LogP contribution in [0, 0.1) is 0 Å². The molecule has 1 atom stereocenters. The van der Waals surface area contributed by atoms with Crippen molar-refractivity contribution in [3.05, 3.63) is 77.3 Å². The molecular formula is C24H22N4O3S. The molecule has 0 aliphatic carbocycles. The molecule has 2 amide bonds. The summed E-state index contributed by atoms with van der Waals surface area (Å²) in [5.41, 5.74) is 2.00. The van der Waals surface area contributed by atoms with Gasteiger partial charge in [-0.15, -0.1) is 11.3 Å². The van der Waals surface area contributed by atoms with Crippen molar-refractivity contribution in [3.63, 3.8) is 0 Å². The second-order valence-corrected chi connectivity index (χ2v) is 8.35. The van der Waals surface area contributed by atoms with Crippen LogP contribution >= 0.6 is 11.3 Å². The zero-order valence-electron chi connectivity index (χ0n) is 17.7. The van der Waals surface area contributed by atoms with Gasteiger partial charge in [0, 0.05) is 23.2 Å². The Morgan fingerprint density at radius 3 is 2.31 bits per heavy atom. The number of nitrogens with one attached hydrogen (secondary N) is 2. The quantitative estimate of drug-likeness (QED) is 0.450. The Balaban J connectivity index is 1.60. The fraction of sp³-hybridized carbons (Fsp3) is 0.167. The number of nitrogens with zero attached hydrogens (tertiary/aromatic N) is 2. The third-order valence-electron chi connectivity index (χ3n) is 5.03. The summed E-state index contributed by atoms with van der Waals surface area (Å²) in [6, 6.07) is 17.8. The average molecular weight is 447 g/mol. The SMILES string of the molecule is CCC(C(=O)Nc1ccc(NC(C)=O)cc1)n1cnc2sc(-c3ccccc3)cc2c1=O. The smallest absolute Gasteiger partial charge is 0.262 e. The fourth-order valence-corrected chi connectivity index (χ4v) is 4.47. The molecule has 2 aromatic carbocycles. The van der Waals surface area contributed by atoms with Crippen LogP contribution in [0.1, 0.15) is 26.3 Å². The van der Waals surface area contributed by atoms with Crippen molar-refractivity contribution in [1.29, 1.82) is 0 Å². The molecule has 162 valence electrons. The Labute approximate surface area is 188 Å². The first-order chi connectivity index (χ1) is 15.5. The van der Waals surface area contributed by atoms with Crippen LogP contribution in [0.3, 0.4) is 0 Å². The molecule has 0 saturated heterocycles. The van der Waals surface area contributed by atoms with Gasteiger partial charge in [-0.25, -0.2) is 4.98 Å². The van der Waals surface area contributed by atoms with E-state index in [1.165, 1.54) is 29.2 Å². The third-order valence-corrected chi connectivity index (χ3v) is 6.13. The van der Waals surface area contributed by atoms with Crippen molar-refractivity contribution < 1.29 is 9.59 Å². The molecule has 2 heterocycles. The van der Waals surface area contributed by atoms with Gasteiger partial charge in [0.25, 0.3) is 5.56 Å². The van der Waals surface area contributed by atoms with Crippen LogP contribution in [0.25, 0.3) is 20.7 Å². The summed E-state index contributed by atoms with van der Waals surface area (Å²) in [6.07, 6.45) is 1.88. The topological polar surface area (TPSA) is 93.1 Å². The molecule has 1 unspecified atom stereocenters. The van der Waals surface area contributed by atoms with Crippen LogP contribution in [0.2, 0.25) is 0 Å². The highest BCUT2D eigenvalue weighted by Crippen LogP contribution is 2.31. The zero-order chi connectivity index (χ0) is 22.7. The predicted octanol–water partition coefficient (Wildman–Crippen LogP) is 4.67. The molecule has 4 aromatic rings. The number of carbonyl (C=O) groups is 2. The Hall–Kier alpha value is -3.78. The van der Waals surface area contributed by atoms with Crippen molar-refractivity contribution in [3.8, 4) is 10.4 Å². The molecule has 0 spiro atoms. The Kier molecular flexibility index (Phi) is 6.13. The largest absolute Gasteiger partial charge is 0.326 e. The highest BCUT2D eigenvalue weighted by atomic mass is 32.1. The predicted molar refractivity (Wildman–Crippen MR) is 128 cm³/mol. The van der Waals surface area contributed by atoms with Gasteiger partial charge in [-0.2, -0.15) is 0 Å². The van der Waals surface area contributed by atoms with E-state index in [1.807, 2.05) is 43.3 Å². The second-order valence-electron chi connectivity index (χ2n) is 7.32. The van der Waals surface area contributed by atoms with E-state index in [0.29, 0.717) is 28.0 Å². The molecule has 0 aliphatic heterocycles. The molecule has 8 heteroatoms. The maximum atomic E-state index is 13.2. The van der Waals surface area contributed by atoms with Gasteiger partial charge in [0.15, 0.2) is 0 Å². The molecule has 0 radical (unpaired) electrons. The van der Waals surface area contributed by atoms with Crippen molar-refractivity contribution >= 4 is 44.7 Å². The lowest BCUT2D eigenvalue weighted by Gasteiger charge is -2.17. The van der Waals surface area contributed by atoms with Crippen LogP contribution in [-0.2, 0) is 9.59 Å². The van der Waals surface area contributed by atoms with Crippen LogP contribution < -0.4 is 16.2 Å². The molecule has 2 aromatic heterocycles. The normalized spacial score (nSPS) is 11.8. The third kappa shape index (κ3) is 4.45. The summed E-state index contributed by atoms with van der Waals surface area (Å²) in [6.45, 7) is 3.28. The lowest BCUT2D eigenvalue weighted by atomic mass is 10.1. The zero-order valence-corrected chi connectivity index (χ0v) is 18.5. The van der Waals surface area contributed by atoms with Gasteiger partial charge in [0.05, 0.1) is 11.7 Å². The number of carbonyl (C=O) groups excluding carboxylic acids is 2. The van der Waals surface area contributed by atoms with Gasteiger partial charge >= 0.3 is 0 Å². The molecule has 0 saturated carbocycles. The summed E-state index contributed by atoms with van der Waals surface area (Å²) >= 11 is 1.45. The minimum Gasteiger partial charge on any atom is -0.326 e. The van der Waals surface area contributed by atoms with Crippen LogP contribution in [0.4, 0.5) is 11.4 Å².